The van der Waals surface area contributed by atoms with Crippen molar-refractivity contribution in [2.24, 2.45) is 0 Å². The van der Waals surface area contributed by atoms with E-state index in [2.05, 4.69) is 30.2 Å². The molecule has 0 saturated heterocycles. The van der Waals surface area contributed by atoms with Gasteiger partial charge >= 0.3 is 0 Å². The van der Waals surface area contributed by atoms with E-state index in [1.165, 1.54) is 10.5 Å². The summed E-state index contributed by atoms with van der Waals surface area (Å²) in [6.07, 6.45) is 5.58. The highest BCUT2D eigenvalue weighted by Gasteiger charge is 2.08. The van der Waals surface area contributed by atoms with Gasteiger partial charge in [-0.2, -0.15) is 0 Å². The molecule has 1 unspecified atom stereocenters. The molecule has 1 heteroatoms. The summed E-state index contributed by atoms with van der Waals surface area (Å²) in [4.78, 5) is 1.20. The first-order valence-electron chi connectivity index (χ1n) is 5.13. The zero-order chi connectivity index (χ0) is 11.2. The molecule has 0 fully saturated rings. The van der Waals surface area contributed by atoms with Gasteiger partial charge in [-0.25, -0.2) is 0 Å². The van der Waals surface area contributed by atoms with Gasteiger partial charge in [-0.3, -0.25) is 0 Å². The summed E-state index contributed by atoms with van der Waals surface area (Å²) in [7, 11) is 0. The predicted octanol–water partition coefficient (Wildman–Crippen LogP) is 4.15. The first-order chi connectivity index (χ1) is 7.90. The maximum Gasteiger partial charge on any atom is 0.0950 e. The van der Waals surface area contributed by atoms with Crippen LogP contribution in [0.15, 0.2) is 65.6 Å². The largest absolute Gasteiger partial charge is 0.119 e. The molecule has 0 radical (unpaired) electrons. The van der Waals surface area contributed by atoms with Crippen LogP contribution >= 0.6 is 11.8 Å². The summed E-state index contributed by atoms with van der Waals surface area (Å²) in [6.45, 7) is 0. The molecule has 2 aromatic carbocycles. The summed E-state index contributed by atoms with van der Waals surface area (Å²) >= 11 is 1.71. The van der Waals surface area contributed by atoms with Gasteiger partial charge in [0.15, 0.2) is 0 Å². The summed E-state index contributed by atoms with van der Waals surface area (Å²) in [5, 5.41) is 0.0867. The lowest BCUT2D eigenvalue weighted by molar-refractivity contribution is 1.26. The van der Waals surface area contributed by atoms with E-state index in [1.54, 1.807) is 11.8 Å². The maximum atomic E-state index is 5.58. The van der Waals surface area contributed by atoms with Gasteiger partial charge in [0.2, 0.25) is 0 Å². The second-order valence-corrected chi connectivity index (χ2v) is 4.57. The topological polar surface area (TPSA) is 0 Å². The van der Waals surface area contributed by atoms with Crippen LogP contribution in [0, 0.1) is 12.3 Å². The van der Waals surface area contributed by atoms with Crippen molar-refractivity contribution >= 4 is 11.8 Å². The van der Waals surface area contributed by atoms with Gasteiger partial charge in [-0.1, -0.05) is 54.5 Å². The van der Waals surface area contributed by atoms with E-state index < -0.39 is 0 Å². The van der Waals surface area contributed by atoms with Crippen molar-refractivity contribution in [2.75, 3.05) is 0 Å². The van der Waals surface area contributed by atoms with E-state index in [4.69, 9.17) is 6.42 Å². The predicted molar refractivity (Wildman–Crippen MR) is 70.3 cm³/mol. The minimum atomic E-state index is 0.0867. The third kappa shape index (κ3) is 2.68. The van der Waals surface area contributed by atoms with Gasteiger partial charge in [-0.15, -0.1) is 18.2 Å². The normalized spacial score (nSPS) is 11.7. The Kier molecular flexibility index (Phi) is 3.69. The van der Waals surface area contributed by atoms with Crippen molar-refractivity contribution in [1.82, 2.24) is 0 Å². The fraction of sp³-hybridized carbons (Fsp3) is 0.0667. The third-order valence-electron chi connectivity index (χ3n) is 2.25. The van der Waals surface area contributed by atoms with Crippen LogP contribution in [0.2, 0.25) is 0 Å². The zero-order valence-electron chi connectivity index (χ0n) is 8.84. The van der Waals surface area contributed by atoms with Crippen LogP contribution in [-0.4, -0.2) is 0 Å². The Balaban J connectivity index is 2.17. The number of terminal acetylenes is 1. The summed E-state index contributed by atoms with van der Waals surface area (Å²) < 4.78 is 0. The molecule has 2 rings (SSSR count). The standard InChI is InChI=1S/C15H12S/c1-2-15(13-9-5-3-6-10-13)16-14-11-7-4-8-12-14/h1,3-12,15H. The van der Waals surface area contributed by atoms with Gasteiger partial charge < -0.3 is 0 Å². The Morgan fingerprint density at radius 3 is 2.00 bits per heavy atom. The molecule has 0 aliphatic carbocycles. The fourth-order valence-corrected chi connectivity index (χ4v) is 2.41. The Morgan fingerprint density at radius 2 is 1.44 bits per heavy atom. The van der Waals surface area contributed by atoms with Crippen molar-refractivity contribution in [2.45, 2.75) is 10.1 Å². The minimum absolute atomic E-state index is 0.0867. The lowest BCUT2D eigenvalue weighted by Crippen LogP contribution is -1.89. The first kappa shape index (κ1) is 10.9. The molecular formula is C15H12S. The summed E-state index contributed by atoms with van der Waals surface area (Å²) in [6, 6.07) is 20.4. The third-order valence-corrected chi connectivity index (χ3v) is 3.44. The van der Waals surface area contributed by atoms with Crippen molar-refractivity contribution in [3.63, 3.8) is 0 Å². The molecule has 78 valence electrons. The van der Waals surface area contributed by atoms with E-state index in [0.29, 0.717) is 0 Å². The van der Waals surface area contributed by atoms with Crippen molar-refractivity contribution in [3.05, 3.63) is 66.2 Å². The number of hydrogen-bond donors (Lipinski definition) is 0. The lowest BCUT2D eigenvalue weighted by Gasteiger charge is -2.10. The number of benzene rings is 2. The summed E-state index contributed by atoms with van der Waals surface area (Å²) in [5.41, 5.74) is 1.18. The quantitative estimate of drug-likeness (QED) is 0.557. The molecule has 2 aromatic rings. The molecular weight excluding hydrogens is 212 g/mol. The molecule has 0 aromatic heterocycles. The van der Waals surface area contributed by atoms with Gasteiger partial charge in [0.05, 0.1) is 5.25 Å². The Bertz CT molecular complexity index is 468. The van der Waals surface area contributed by atoms with E-state index >= 15 is 0 Å². The molecule has 0 bridgehead atoms. The van der Waals surface area contributed by atoms with Crippen LogP contribution in [0.25, 0.3) is 0 Å². The molecule has 0 aliphatic rings. The molecule has 1 atom stereocenters. The molecule has 0 N–H and O–H groups in total. The maximum absolute atomic E-state index is 5.58. The lowest BCUT2D eigenvalue weighted by atomic mass is 10.2. The molecule has 0 nitrogen and oxygen atoms in total. The number of rotatable bonds is 3. The Morgan fingerprint density at radius 1 is 0.875 bits per heavy atom. The van der Waals surface area contributed by atoms with E-state index in [1.807, 2.05) is 36.4 Å². The zero-order valence-corrected chi connectivity index (χ0v) is 9.65. The smallest absolute Gasteiger partial charge is 0.0950 e. The highest BCUT2D eigenvalue weighted by atomic mass is 32.2. The Hall–Kier alpha value is -1.65. The van der Waals surface area contributed by atoms with E-state index in [-0.39, 0.29) is 5.25 Å². The molecule has 0 amide bonds. The highest BCUT2D eigenvalue weighted by molar-refractivity contribution is 7.99. The van der Waals surface area contributed by atoms with Crippen LogP contribution < -0.4 is 0 Å². The van der Waals surface area contributed by atoms with Crippen molar-refractivity contribution in [3.8, 4) is 12.3 Å². The van der Waals surface area contributed by atoms with Gasteiger partial charge in [0.25, 0.3) is 0 Å². The van der Waals surface area contributed by atoms with Crippen LogP contribution in [0.3, 0.4) is 0 Å². The number of hydrogen-bond acceptors (Lipinski definition) is 1. The highest BCUT2D eigenvalue weighted by Crippen LogP contribution is 2.34. The second kappa shape index (κ2) is 5.44. The van der Waals surface area contributed by atoms with Gasteiger partial charge in [0, 0.05) is 4.90 Å². The fourth-order valence-electron chi connectivity index (χ4n) is 1.46. The monoisotopic (exact) mass is 224 g/mol. The molecule has 0 aliphatic heterocycles. The van der Waals surface area contributed by atoms with Crippen molar-refractivity contribution in [1.29, 1.82) is 0 Å². The average molecular weight is 224 g/mol. The first-order valence-corrected chi connectivity index (χ1v) is 6.01. The molecule has 0 saturated carbocycles. The van der Waals surface area contributed by atoms with Crippen LogP contribution in [0.1, 0.15) is 10.8 Å². The molecule has 0 heterocycles. The number of thioether (sulfide) groups is 1. The summed E-state index contributed by atoms with van der Waals surface area (Å²) in [5.74, 6) is 2.83. The van der Waals surface area contributed by atoms with Crippen molar-refractivity contribution < 1.29 is 0 Å². The second-order valence-electron chi connectivity index (χ2n) is 3.39. The Labute approximate surface area is 101 Å². The van der Waals surface area contributed by atoms with Gasteiger partial charge in [0.1, 0.15) is 0 Å². The van der Waals surface area contributed by atoms with Crippen LogP contribution in [-0.2, 0) is 0 Å². The van der Waals surface area contributed by atoms with E-state index in [9.17, 15) is 0 Å². The molecule has 16 heavy (non-hydrogen) atoms. The average Bonchev–Trinajstić information content (AvgIpc) is 2.38. The SMILES string of the molecule is C#CC(Sc1ccccc1)c1ccccc1. The minimum Gasteiger partial charge on any atom is -0.119 e. The van der Waals surface area contributed by atoms with E-state index in [0.717, 1.165) is 0 Å². The van der Waals surface area contributed by atoms with Gasteiger partial charge in [-0.05, 0) is 17.7 Å². The molecule has 0 spiro atoms. The van der Waals surface area contributed by atoms with Crippen LogP contribution in [0.4, 0.5) is 0 Å². The van der Waals surface area contributed by atoms with Crippen LogP contribution in [0.5, 0.6) is 0 Å².